The van der Waals surface area contributed by atoms with Gasteiger partial charge in [0.15, 0.2) is 5.16 Å². The summed E-state index contributed by atoms with van der Waals surface area (Å²) in [5.74, 6) is 1.56. The van der Waals surface area contributed by atoms with E-state index in [2.05, 4.69) is 15.9 Å². The third kappa shape index (κ3) is 3.02. The van der Waals surface area contributed by atoms with Gasteiger partial charge >= 0.3 is 0 Å². The molecule has 7 heteroatoms. The molecule has 1 aliphatic carbocycles. The predicted octanol–water partition coefficient (Wildman–Crippen LogP) is 4.55. The third-order valence-corrected chi connectivity index (χ3v) is 7.40. The molecule has 1 aromatic carbocycles. The Morgan fingerprint density at radius 1 is 1.40 bits per heavy atom. The Kier molecular flexibility index (Phi) is 4.64. The van der Waals surface area contributed by atoms with Crippen molar-refractivity contribution in [3.63, 3.8) is 0 Å². The van der Waals surface area contributed by atoms with Crippen LogP contribution in [-0.2, 0) is 25.6 Å². The molecule has 4 rings (SSSR count). The molecule has 0 unspecified atom stereocenters. The first-order chi connectivity index (χ1) is 12.1. The van der Waals surface area contributed by atoms with Crippen molar-refractivity contribution in [1.29, 1.82) is 0 Å². The maximum absolute atomic E-state index is 12.8. The van der Waals surface area contributed by atoms with Crippen LogP contribution in [0.2, 0.25) is 0 Å². The molecule has 0 aliphatic heterocycles. The zero-order valence-corrected chi connectivity index (χ0v) is 17.2. The quantitative estimate of drug-likeness (QED) is 0.444. The van der Waals surface area contributed by atoms with Crippen LogP contribution in [0.5, 0.6) is 5.75 Å². The number of rotatable bonds is 4. The summed E-state index contributed by atoms with van der Waals surface area (Å²) in [4.78, 5) is 19.8. The maximum atomic E-state index is 12.8. The number of hydrogen-bond donors (Lipinski definition) is 0. The standard InChI is InChI=1S/C18H17BrN2O2S2/c1-21-17(22)15-11-4-3-5-14(11)25-16(15)20-18(21)24-9-10-6-7-13(23-2)12(19)8-10/h6-8H,3-5,9H2,1-2H3. The minimum atomic E-state index is 0.0859. The van der Waals surface area contributed by atoms with Gasteiger partial charge in [0, 0.05) is 17.7 Å². The summed E-state index contributed by atoms with van der Waals surface area (Å²) in [5.41, 5.74) is 2.48. The second kappa shape index (κ2) is 6.78. The highest BCUT2D eigenvalue weighted by Gasteiger charge is 2.22. The molecule has 3 aromatic rings. The summed E-state index contributed by atoms with van der Waals surface area (Å²) >= 11 is 6.79. The van der Waals surface area contributed by atoms with Crippen LogP contribution in [-0.4, -0.2) is 16.7 Å². The number of fused-ring (bicyclic) bond motifs is 3. The minimum Gasteiger partial charge on any atom is -0.496 e. The van der Waals surface area contributed by atoms with Crippen LogP contribution in [0.3, 0.4) is 0 Å². The minimum absolute atomic E-state index is 0.0859. The Morgan fingerprint density at radius 2 is 2.24 bits per heavy atom. The number of halogens is 1. The lowest BCUT2D eigenvalue weighted by Gasteiger charge is -2.09. The van der Waals surface area contributed by atoms with Crippen molar-refractivity contribution in [2.24, 2.45) is 7.05 Å². The number of hydrogen-bond acceptors (Lipinski definition) is 5. The number of ether oxygens (including phenoxy) is 1. The largest absolute Gasteiger partial charge is 0.496 e. The summed E-state index contributed by atoms with van der Waals surface area (Å²) in [6, 6.07) is 6.02. The highest BCUT2D eigenvalue weighted by atomic mass is 79.9. The number of benzene rings is 1. The fourth-order valence-corrected chi connectivity index (χ4v) is 5.99. The van der Waals surface area contributed by atoms with E-state index in [1.54, 1.807) is 34.8 Å². The van der Waals surface area contributed by atoms with Crippen molar-refractivity contribution < 1.29 is 4.74 Å². The number of thioether (sulfide) groups is 1. The van der Waals surface area contributed by atoms with Crippen LogP contribution in [0, 0.1) is 0 Å². The van der Waals surface area contributed by atoms with Gasteiger partial charge < -0.3 is 4.74 Å². The van der Waals surface area contributed by atoms with E-state index in [0.717, 1.165) is 56.2 Å². The average molecular weight is 437 g/mol. The Hall–Kier alpha value is -1.31. The number of nitrogens with zero attached hydrogens (tertiary/aromatic N) is 2. The van der Waals surface area contributed by atoms with Crippen molar-refractivity contribution in [3.05, 3.63) is 49.0 Å². The van der Waals surface area contributed by atoms with E-state index in [4.69, 9.17) is 9.72 Å². The lowest BCUT2D eigenvalue weighted by atomic mass is 10.2. The Labute approximate surface area is 162 Å². The molecule has 0 fully saturated rings. The normalized spacial score (nSPS) is 13.4. The molecule has 0 atom stereocenters. The molecule has 1 aliphatic rings. The van der Waals surface area contributed by atoms with Crippen molar-refractivity contribution in [3.8, 4) is 5.75 Å². The summed E-state index contributed by atoms with van der Waals surface area (Å²) in [6.45, 7) is 0. The van der Waals surface area contributed by atoms with Gasteiger partial charge in [-0.1, -0.05) is 17.8 Å². The molecule has 2 aromatic heterocycles. The van der Waals surface area contributed by atoms with Gasteiger partial charge in [-0.3, -0.25) is 9.36 Å². The number of aryl methyl sites for hydroxylation is 2. The third-order valence-electron chi connectivity index (χ3n) is 4.49. The molecule has 130 valence electrons. The molecule has 0 bridgehead atoms. The lowest BCUT2D eigenvalue weighted by Crippen LogP contribution is -2.20. The smallest absolute Gasteiger partial charge is 0.262 e. The molecule has 0 saturated carbocycles. The monoisotopic (exact) mass is 436 g/mol. The van der Waals surface area contributed by atoms with Crippen LogP contribution in [0.15, 0.2) is 32.6 Å². The van der Waals surface area contributed by atoms with Crippen LogP contribution in [0.4, 0.5) is 0 Å². The second-order valence-corrected chi connectivity index (χ2v) is 8.93. The highest BCUT2D eigenvalue weighted by Crippen LogP contribution is 2.36. The Morgan fingerprint density at radius 3 is 3.00 bits per heavy atom. The Bertz CT molecular complexity index is 1030. The van der Waals surface area contributed by atoms with E-state index < -0.39 is 0 Å². The topological polar surface area (TPSA) is 44.1 Å². The molecule has 4 nitrogen and oxygen atoms in total. The van der Waals surface area contributed by atoms with Crippen molar-refractivity contribution >= 4 is 49.2 Å². The van der Waals surface area contributed by atoms with Crippen LogP contribution in [0.25, 0.3) is 10.2 Å². The second-order valence-electron chi connectivity index (χ2n) is 6.05. The summed E-state index contributed by atoms with van der Waals surface area (Å²) in [6.07, 6.45) is 3.25. The Balaban J connectivity index is 1.65. The first-order valence-corrected chi connectivity index (χ1v) is 10.6. The molecule has 0 saturated heterocycles. The molecule has 0 spiro atoms. The van der Waals surface area contributed by atoms with Gasteiger partial charge in [-0.25, -0.2) is 4.98 Å². The van der Waals surface area contributed by atoms with Gasteiger partial charge in [0.05, 0.1) is 17.0 Å². The summed E-state index contributed by atoms with van der Waals surface area (Å²) in [5, 5.41) is 1.61. The van der Waals surface area contributed by atoms with Crippen molar-refractivity contribution in [2.45, 2.75) is 30.2 Å². The highest BCUT2D eigenvalue weighted by molar-refractivity contribution is 9.10. The van der Waals surface area contributed by atoms with Crippen molar-refractivity contribution in [2.75, 3.05) is 7.11 Å². The molecular formula is C18H17BrN2O2S2. The number of methoxy groups -OCH3 is 1. The van der Waals surface area contributed by atoms with E-state index >= 15 is 0 Å². The molecule has 0 amide bonds. The summed E-state index contributed by atoms with van der Waals surface area (Å²) < 4.78 is 7.89. The van der Waals surface area contributed by atoms with Crippen LogP contribution in [0.1, 0.15) is 22.4 Å². The summed E-state index contributed by atoms with van der Waals surface area (Å²) in [7, 11) is 3.47. The van der Waals surface area contributed by atoms with E-state index in [1.165, 1.54) is 10.4 Å². The number of aromatic nitrogens is 2. The molecule has 0 N–H and O–H groups in total. The first-order valence-electron chi connectivity index (χ1n) is 8.05. The van der Waals surface area contributed by atoms with Crippen LogP contribution < -0.4 is 10.3 Å². The first kappa shape index (κ1) is 17.1. The van der Waals surface area contributed by atoms with Gasteiger partial charge in [0.1, 0.15) is 10.6 Å². The zero-order chi connectivity index (χ0) is 17.6. The SMILES string of the molecule is COc1ccc(CSc2nc3sc4c(c3c(=O)n2C)CCC4)cc1Br. The van der Waals surface area contributed by atoms with Gasteiger partial charge in [-0.15, -0.1) is 11.3 Å². The molecule has 25 heavy (non-hydrogen) atoms. The zero-order valence-electron chi connectivity index (χ0n) is 14.0. The van der Waals surface area contributed by atoms with Gasteiger partial charge in [-0.2, -0.15) is 0 Å². The lowest BCUT2D eigenvalue weighted by molar-refractivity contribution is 0.412. The van der Waals surface area contributed by atoms with Gasteiger partial charge in [0.25, 0.3) is 5.56 Å². The van der Waals surface area contributed by atoms with E-state index in [0.29, 0.717) is 0 Å². The fourth-order valence-electron chi connectivity index (χ4n) is 3.18. The number of thiophene rings is 1. The molecular weight excluding hydrogens is 420 g/mol. The average Bonchev–Trinajstić information content (AvgIpc) is 3.17. The maximum Gasteiger partial charge on any atom is 0.262 e. The molecule has 2 heterocycles. The van der Waals surface area contributed by atoms with Crippen molar-refractivity contribution in [1.82, 2.24) is 9.55 Å². The predicted molar refractivity (Wildman–Crippen MR) is 107 cm³/mol. The van der Waals surface area contributed by atoms with Crippen LogP contribution >= 0.6 is 39.0 Å². The van der Waals surface area contributed by atoms with E-state index in [1.807, 2.05) is 25.2 Å². The fraction of sp³-hybridized carbons (Fsp3) is 0.333. The van der Waals surface area contributed by atoms with Gasteiger partial charge in [-0.05, 0) is 58.5 Å². The molecule has 0 radical (unpaired) electrons. The van der Waals surface area contributed by atoms with E-state index in [-0.39, 0.29) is 5.56 Å². The van der Waals surface area contributed by atoms with E-state index in [9.17, 15) is 4.79 Å². The van der Waals surface area contributed by atoms with Gasteiger partial charge in [0.2, 0.25) is 0 Å².